The van der Waals surface area contributed by atoms with Crippen LogP contribution in [0.15, 0.2) is 36.4 Å². The monoisotopic (exact) mass is 383 g/mol. The number of piperazine rings is 1. The lowest BCUT2D eigenvalue weighted by Crippen LogP contribution is -2.49. The molecule has 5 nitrogen and oxygen atoms in total. The van der Waals surface area contributed by atoms with E-state index in [1.54, 1.807) is 0 Å². The molecule has 0 aliphatic carbocycles. The first-order valence-corrected chi connectivity index (χ1v) is 9.74. The molecule has 27 heavy (non-hydrogen) atoms. The Kier molecular flexibility index (Phi) is 5.18. The van der Waals surface area contributed by atoms with Crippen molar-refractivity contribution in [1.82, 2.24) is 9.80 Å². The molecule has 6 heteroatoms. The highest BCUT2D eigenvalue weighted by Gasteiger charge is 2.21. The summed E-state index contributed by atoms with van der Waals surface area (Å²) in [6.07, 6.45) is 0. The lowest BCUT2D eigenvalue weighted by molar-refractivity contribution is 0.173. The second-order valence-corrected chi connectivity index (χ2v) is 7.53. The van der Waals surface area contributed by atoms with E-state index in [1.807, 2.05) is 6.07 Å². The molecule has 1 N–H and O–H groups in total. The lowest BCUT2D eigenvalue weighted by atomic mass is 10.1. The van der Waals surface area contributed by atoms with Crippen molar-refractivity contribution in [3.05, 3.63) is 53.1 Å². The molecule has 0 radical (unpaired) electrons. The van der Waals surface area contributed by atoms with Crippen molar-refractivity contribution < 1.29 is 9.47 Å². The standard InChI is InChI=1S/C21H25N3O2S/c1-15-4-3-5-16(2)20(15)22-21(27)24-10-8-23(9-11-24)13-17-6-7-18-19(12-17)26-14-25-18/h3-7,12H,8-11,13-14H2,1-2H3,(H,22,27). The van der Waals surface area contributed by atoms with Crippen molar-refractivity contribution in [3.63, 3.8) is 0 Å². The molecule has 0 unspecified atom stereocenters. The molecule has 2 aromatic carbocycles. The summed E-state index contributed by atoms with van der Waals surface area (Å²) in [4.78, 5) is 4.72. The highest BCUT2D eigenvalue weighted by Crippen LogP contribution is 2.32. The molecule has 0 spiro atoms. The van der Waals surface area contributed by atoms with E-state index in [2.05, 4.69) is 59.3 Å². The first kappa shape index (κ1) is 18.1. The summed E-state index contributed by atoms with van der Waals surface area (Å²) in [6.45, 7) is 9.31. The summed E-state index contributed by atoms with van der Waals surface area (Å²) in [5.74, 6) is 1.69. The molecule has 1 fully saturated rings. The third kappa shape index (κ3) is 4.01. The number of hydrogen-bond donors (Lipinski definition) is 1. The third-order valence-corrected chi connectivity index (χ3v) is 5.58. The molecule has 0 aromatic heterocycles. The van der Waals surface area contributed by atoms with E-state index in [1.165, 1.54) is 16.7 Å². The van der Waals surface area contributed by atoms with Crippen LogP contribution in [0.1, 0.15) is 16.7 Å². The van der Waals surface area contributed by atoms with Gasteiger partial charge in [-0.1, -0.05) is 24.3 Å². The van der Waals surface area contributed by atoms with Crippen molar-refractivity contribution >= 4 is 23.0 Å². The van der Waals surface area contributed by atoms with Gasteiger partial charge in [0.1, 0.15) is 0 Å². The summed E-state index contributed by atoms with van der Waals surface area (Å²) in [5, 5.41) is 4.26. The van der Waals surface area contributed by atoms with Crippen LogP contribution in [0.4, 0.5) is 5.69 Å². The van der Waals surface area contributed by atoms with Crippen LogP contribution in [0.3, 0.4) is 0 Å². The van der Waals surface area contributed by atoms with Crippen LogP contribution in [0.5, 0.6) is 11.5 Å². The van der Waals surface area contributed by atoms with E-state index in [0.717, 1.165) is 55.0 Å². The maximum atomic E-state index is 5.66. The molecule has 2 heterocycles. The number of ether oxygens (including phenoxy) is 2. The van der Waals surface area contributed by atoms with Gasteiger partial charge < -0.3 is 19.7 Å². The molecule has 4 rings (SSSR count). The van der Waals surface area contributed by atoms with Crippen LogP contribution in [0.25, 0.3) is 0 Å². The zero-order valence-electron chi connectivity index (χ0n) is 15.8. The Morgan fingerprint density at radius 2 is 1.70 bits per heavy atom. The minimum absolute atomic E-state index is 0.322. The van der Waals surface area contributed by atoms with Gasteiger partial charge in [0.25, 0.3) is 0 Å². The predicted molar refractivity (Wildman–Crippen MR) is 112 cm³/mol. The molecular formula is C21H25N3O2S. The summed E-state index contributed by atoms with van der Waals surface area (Å²) in [5.41, 5.74) is 4.83. The molecule has 0 saturated carbocycles. The highest BCUT2D eigenvalue weighted by molar-refractivity contribution is 7.80. The topological polar surface area (TPSA) is 37.0 Å². The molecule has 0 amide bonds. The average molecular weight is 384 g/mol. The van der Waals surface area contributed by atoms with Gasteiger partial charge in [0.2, 0.25) is 6.79 Å². The van der Waals surface area contributed by atoms with E-state index in [4.69, 9.17) is 21.7 Å². The summed E-state index contributed by atoms with van der Waals surface area (Å²) in [6, 6.07) is 12.5. The van der Waals surface area contributed by atoms with Gasteiger partial charge in [-0.3, -0.25) is 4.90 Å². The molecule has 2 aromatic rings. The number of hydrogen-bond acceptors (Lipinski definition) is 4. The Bertz CT molecular complexity index is 827. The van der Waals surface area contributed by atoms with Crippen molar-refractivity contribution in [2.75, 3.05) is 38.3 Å². The van der Waals surface area contributed by atoms with Crippen LogP contribution >= 0.6 is 12.2 Å². The van der Waals surface area contributed by atoms with Crippen molar-refractivity contribution in [1.29, 1.82) is 0 Å². The summed E-state index contributed by atoms with van der Waals surface area (Å²) in [7, 11) is 0. The average Bonchev–Trinajstić information content (AvgIpc) is 3.13. The fraction of sp³-hybridized carbons (Fsp3) is 0.381. The van der Waals surface area contributed by atoms with E-state index < -0.39 is 0 Å². The molecule has 2 aliphatic heterocycles. The minimum atomic E-state index is 0.322. The molecule has 0 bridgehead atoms. The van der Waals surface area contributed by atoms with Gasteiger partial charge in [0.05, 0.1) is 0 Å². The first-order valence-electron chi connectivity index (χ1n) is 9.33. The SMILES string of the molecule is Cc1cccc(C)c1NC(=S)N1CCN(Cc2ccc3c(c2)OCO3)CC1. The maximum Gasteiger partial charge on any atom is 0.231 e. The number of benzene rings is 2. The molecule has 0 atom stereocenters. The zero-order chi connectivity index (χ0) is 18.8. The van der Waals surface area contributed by atoms with Crippen molar-refractivity contribution in [2.45, 2.75) is 20.4 Å². The van der Waals surface area contributed by atoms with Crippen LogP contribution in [0.2, 0.25) is 0 Å². The molecular weight excluding hydrogens is 358 g/mol. The Hall–Kier alpha value is -2.31. The number of nitrogens with zero attached hydrogens (tertiary/aromatic N) is 2. The van der Waals surface area contributed by atoms with Crippen molar-refractivity contribution in [3.8, 4) is 11.5 Å². The quantitative estimate of drug-likeness (QED) is 0.817. The Morgan fingerprint density at radius 3 is 2.44 bits per heavy atom. The minimum Gasteiger partial charge on any atom is -0.454 e. The smallest absolute Gasteiger partial charge is 0.231 e. The maximum absolute atomic E-state index is 5.66. The Labute approximate surface area is 165 Å². The normalized spacial score (nSPS) is 16.4. The second-order valence-electron chi connectivity index (χ2n) is 7.15. The molecule has 1 saturated heterocycles. The molecule has 142 valence electrons. The van der Waals surface area contributed by atoms with E-state index >= 15 is 0 Å². The van der Waals surface area contributed by atoms with Crippen LogP contribution in [-0.2, 0) is 6.54 Å². The summed E-state index contributed by atoms with van der Waals surface area (Å²) < 4.78 is 10.9. The lowest BCUT2D eigenvalue weighted by Gasteiger charge is -2.36. The van der Waals surface area contributed by atoms with Gasteiger partial charge in [-0.25, -0.2) is 0 Å². The Morgan fingerprint density at radius 1 is 1.00 bits per heavy atom. The zero-order valence-corrected chi connectivity index (χ0v) is 16.6. The van der Waals surface area contributed by atoms with Crippen LogP contribution in [-0.4, -0.2) is 47.9 Å². The number of nitrogens with one attached hydrogen (secondary N) is 1. The predicted octanol–water partition coefficient (Wildman–Crippen LogP) is 3.55. The van der Waals surface area contributed by atoms with E-state index in [9.17, 15) is 0 Å². The van der Waals surface area contributed by atoms with Gasteiger partial charge in [0.15, 0.2) is 16.6 Å². The number of fused-ring (bicyclic) bond motifs is 1. The van der Waals surface area contributed by atoms with Gasteiger partial charge in [-0.15, -0.1) is 0 Å². The third-order valence-electron chi connectivity index (χ3n) is 5.22. The first-order chi connectivity index (χ1) is 13.1. The fourth-order valence-electron chi connectivity index (χ4n) is 3.60. The summed E-state index contributed by atoms with van der Waals surface area (Å²) >= 11 is 5.66. The van der Waals surface area contributed by atoms with Gasteiger partial charge in [-0.05, 0) is 54.9 Å². The largest absolute Gasteiger partial charge is 0.454 e. The number of rotatable bonds is 3. The molecule has 2 aliphatic rings. The van der Waals surface area contributed by atoms with Crippen LogP contribution in [0, 0.1) is 13.8 Å². The highest BCUT2D eigenvalue weighted by atomic mass is 32.1. The number of anilines is 1. The second kappa shape index (κ2) is 7.74. The van der Waals surface area contributed by atoms with Gasteiger partial charge in [-0.2, -0.15) is 0 Å². The fourth-order valence-corrected chi connectivity index (χ4v) is 3.89. The number of thiocarbonyl (C=S) groups is 1. The van der Waals surface area contributed by atoms with Gasteiger partial charge in [0, 0.05) is 38.4 Å². The van der Waals surface area contributed by atoms with Crippen molar-refractivity contribution in [2.24, 2.45) is 0 Å². The van der Waals surface area contributed by atoms with E-state index in [0.29, 0.717) is 6.79 Å². The van der Waals surface area contributed by atoms with E-state index in [-0.39, 0.29) is 0 Å². The van der Waals surface area contributed by atoms with Crippen LogP contribution < -0.4 is 14.8 Å². The Balaban J connectivity index is 1.31. The number of aryl methyl sites for hydroxylation is 2. The van der Waals surface area contributed by atoms with Gasteiger partial charge >= 0.3 is 0 Å². The number of para-hydroxylation sites is 1.